The van der Waals surface area contributed by atoms with Crippen LogP contribution in [0.1, 0.15) is 59.3 Å². The van der Waals surface area contributed by atoms with Gasteiger partial charge < -0.3 is 4.74 Å². The summed E-state index contributed by atoms with van der Waals surface area (Å²) in [5.41, 5.74) is -0.0895. The van der Waals surface area contributed by atoms with Gasteiger partial charge in [-0.1, -0.05) is 26.2 Å². The van der Waals surface area contributed by atoms with Gasteiger partial charge in [0, 0.05) is 6.61 Å². The van der Waals surface area contributed by atoms with Gasteiger partial charge in [-0.2, -0.15) is 5.26 Å². The number of nitriles is 1. The van der Waals surface area contributed by atoms with Gasteiger partial charge in [-0.05, 0) is 39.0 Å². The summed E-state index contributed by atoms with van der Waals surface area (Å²) in [6.07, 6.45) is 7.09. The van der Waals surface area contributed by atoms with Crippen LogP contribution in [0, 0.1) is 22.7 Å². The maximum absolute atomic E-state index is 9.41. The van der Waals surface area contributed by atoms with E-state index in [9.17, 15) is 5.26 Å². The summed E-state index contributed by atoms with van der Waals surface area (Å²) < 4.78 is 5.59. The number of hydrogen-bond donors (Lipinski definition) is 0. The van der Waals surface area contributed by atoms with Crippen molar-refractivity contribution < 1.29 is 4.74 Å². The molecule has 92 valence electrons. The molecule has 1 rings (SSSR count). The minimum atomic E-state index is -0.0895. The molecule has 2 nitrogen and oxygen atoms in total. The van der Waals surface area contributed by atoms with Crippen LogP contribution in [0.5, 0.6) is 0 Å². The molecule has 2 atom stereocenters. The number of nitrogens with zero attached hydrogens (tertiary/aromatic N) is 1. The SMILES string of the molecule is CCC1CCCC(C#N)(CCOC(C)C)C1. The van der Waals surface area contributed by atoms with Crippen LogP contribution in [0.25, 0.3) is 0 Å². The van der Waals surface area contributed by atoms with Crippen LogP contribution in [0.2, 0.25) is 0 Å². The molecule has 0 aromatic heterocycles. The molecule has 0 spiro atoms. The monoisotopic (exact) mass is 223 g/mol. The lowest BCUT2D eigenvalue weighted by atomic mass is 9.68. The highest BCUT2D eigenvalue weighted by molar-refractivity contribution is 5.01. The summed E-state index contributed by atoms with van der Waals surface area (Å²) in [6, 6.07) is 2.58. The molecule has 0 aliphatic heterocycles. The quantitative estimate of drug-likeness (QED) is 0.708. The molecule has 1 fully saturated rings. The van der Waals surface area contributed by atoms with Crippen LogP contribution < -0.4 is 0 Å². The maximum Gasteiger partial charge on any atom is 0.0690 e. The molecule has 2 unspecified atom stereocenters. The van der Waals surface area contributed by atoms with E-state index in [1.807, 2.05) is 0 Å². The van der Waals surface area contributed by atoms with Crippen molar-refractivity contribution >= 4 is 0 Å². The lowest BCUT2D eigenvalue weighted by Crippen LogP contribution is -2.29. The van der Waals surface area contributed by atoms with E-state index in [4.69, 9.17) is 4.74 Å². The van der Waals surface area contributed by atoms with Crippen LogP contribution in [-0.2, 0) is 4.74 Å². The lowest BCUT2D eigenvalue weighted by molar-refractivity contribution is 0.0477. The van der Waals surface area contributed by atoms with Gasteiger partial charge >= 0.3 is 0 Å². The Labute approximate surface area is 100.0 Å². The van der Waals surface area contributed by atoms with Crippen LogP contribution in [0.15, 0.2) is 0 Å². The molecule has 0 saturated heterocycles. The summed E-state index contributed by atoms with van der Waals surface area (Å²) >= 11 is 0. The zero-order valence-electron chi connectivity index (χ0n) is 11.0. The standard InChI is InChI=1S/C14H25NO/c1-4-13-6-5-7-14(10-13,11-15)8-9-16-12(2)3/h12-13H,4-10H2,1-3H3. The Kier molecular flexibility index (Phi) is 5.28. The second-order valence-electron chi connectivity index (χ2n) is 5.43. The Morgan fingerprint density at radius 1 is 1.50 bits per heavy atom. The van der Waals surface area contributed by atoms with E-state index in [0.29, 0.717) is 0 Å². The van der Waals surface area contributed by atoms with Gasteiger partial charge in [0.2, 0.25) is 0 Å². The van der Waals surface area contributed by atoms with Gasteiger partial charge in [0.1, 0.15) is 0 Å². The van der Waals surface area contributed by atoms with Gasteiger partial charge in [-0.15, -0.1) is 0 Å². The molecule has 0 amide bonds. The maximum atomic E-state index is 9.41. The fourth-order valence-corrected chi connectivity index (χ4v) is 2.71. The average molecular weight is 223 g/mol. The highest BCUT2D eigenvalue weighted by atomic mass is 16.5. The normalized spacial score (nSPS) is 30.3. The van der Waals surface area contributed by atoms with E-state index in [1.165, 1.54) is 19.3 Å². The van der Waals surface area contributed by atoms with Crippen LogP contribution in [-0.4, -0.2) is 12.7 Å². The van der Waals surface area contributed by atoms with Gasteiger partial charge in [-0.3, -0.25) is 0 Å². The Bertz CT molecular complexity index is 244. The first kappa shape index (κ1) is 13.5. The zero-order valence-corrected chi connectivity index (χ0v) is 11.0. The summed E-state index contributed by atoms with van der Waals surface area (Å²) in [5.74, 6) is 0.757. The molecule has 2 heteroatoms. The topological polar surface area (TPSA) is 33.0 Å². The molecule has 0 heterocycles. The summed E-state index contributed by atoms with van der Waals surface area (Å²) in [6.45, 7) is 7.08. The van der Waals surface area contributed by atoms with Crippen molar-refractivity contribution in [1.82, 2.24) is 0 Å². The molecule has 0 bridgehead atoms. The minimum Gasteiger partial charge on any atom is -0.379 e. The molecule has 1 saturated carbocycles. The van der Waals surface area contributed by atoms with E-state index >= 15 is 0 Å². The Morgan fingerprint density at radius 2 is 2.25 bits per heavy atom. The van der Waals surface area contributed by atoms with E-state index in [0.717, 1.165) is 31.8 Å². The number of rotatable bonds is 5. The van der Waals surface area contributed by atoms with Crippen molar-refractivity contribution in [3.05, 3.63) is 0 Å². The van der Waals surface area contributed by atoms with Crippen molar-refractivity contribution in [3.8, 4) is 6.07 Å². The molecule has 0 aromatic rings. The van der Waals surface area contributed by atoms with Gasteiger partial charge in [-0.25, -0.2) is 0 Å². The second kappa shape index (κ2) is 6.25. The Balaban J connectivity index is 2.46. The third-order valence-corrected chi connectivity index (χ3v) is 3.79. The fourth-order valence-electron chi connectivity index (χ4n) is 2.71. The Morgan fingerprint density at radius 3 is 2.81 bits per heavy atom. The van der Waals surface area contributed by atoms with Gasteiger partial charge in [0.05, 0.1) is 17.6 Å². The van der Waals surface area contributed by atoms with Gasteiger partial charge in [0.15, 0.2) is 0 Å². The minimum absolute atomic E-state index is 0.0895. The molecular weight excluding hydrogens is 198 g/mol. The highest BCUT2D eigenvalue weighted by Crippen LogP contribution is 2.42. The summed E-state index contributed by atoms with van der Waals surface area (Å²) in [4.78, 5) is 0. The molecule has 1 aliphatic carbocycles. The molecule has 0 radical (unpaired) electrons. The zero-order chi connectivity index (χ0) is 12.0. The van der Waals surface area contributed by atoms with Crippen LogP contribution >= 0.6 is 0 Å². The summed E-state index contributed by atoms with van der Waals surface area (Å²) in [7, 11) is 0. The van der Waals surface area contributed by atoms with Crippen molar-refractivity contribution in [3.63, 3.8) is 0 Å². The molecule has 1 aliphatic rings. The second-order valence-corrected chi connectivity index (χ2v) is 5.43. The number of hydrogen-bond acceptors (Lipinski definition) is 2. The van der Waals surface area contributed by atoms with Crippen molar-refractivity contribution in [1.29, 1.82) is 5.26 Å². The fraction of sp³-hybridized carbons (Fsp3) is 0.929. The van der Waals surface area contributed by atoms with Gasteiger partial charge in [0.25, 0.3) is 0 Å². The average Bonchev–Trinajstić information content (AvgIpc) is 2.29. The molecule has 0 aromatic carbocycles. The predicted octanol–water partition coefficient (Wildman–Crippen LogP) is 3.91. The number of ether oxygens (including phenoxy) is 1. The van der Waals surface area contributed by atoms with E-state index in [1.54, 1.807) is 0 Å². The van der Waals surface area contributed by atoms with Crippen molar-refractivity contribution in [2.45, 2.75) is 65.4 Å². The first-order chi connectivity index (χ1) is 7.62. The first-order valence-corrected chi connectivity index (χ1v) is 6.65. The van der Waals surface area contributed by atoms with Crippen LogP contribution in [0.3, 0.4) is 0 Å². The van der Waals surface area contributed by atoms with Crippen molar-refractivity contribution in [2.75, 3.05) is 6.61 Å². The third-order valence-electron chi connectivity index (χ3n) is 3.79. The van der Waals surface area contributed by atoms with Crippen LogP contribution in [0.4, 0.5) is 0 Å². The van der Waals surface area contributed by atoms with E-state index in [-0.39, 0.29) is 11.5 Å². The Hall–Kier alpha value is -0.550. The molecule has 0 N–H and O–H groups in total. The van der Waals surface area contributed by atoms with E-state index in [2.05, 4.69) is 26.8 Å². The first-order valence-electron chi connectivity index (χ1n) is 6.65. The summed E-state index contributed by atoms with van der Waals surface area (Å²) in [5, 5.41) is 9.41. The lowest BCUT2D eigenvalue weighted by Gasteiger charge is -2.35. The third kappa shape index (κ3) is 3.79. The molecule has 16 heavy (non-hydrogen) atoms. The largest absolute Gasteiger partial charge is 0.379 e. The predicted molar refractivity (Wildman–Crippen MR) is 66.0 cm³/mol. The highest BCUT2D eigenvalue weighted by Gasteiger charge is 2.35. The molecular formula is C14H25NO. The van der Waals surface area contributed by atoms with E-state index < -0.39 is 0 Å². The smallest absolute Gasteiger partial charge is 0.0690 e. The van der Waals surface area contributed by atoms with Crippen molar-refractivity contribution in [2.24, 2.45) is 11.3 Å².